The van der Waals surface area contributed by atoms with Crippen LogP contribution in [0.25, 0.3) is 11.1 Å². The highest BCUT2D eigenvalue weighted by Gasteiger charge is 2.49. The minimum atomic E-state index is -2.31. The first-order valence-electron chi connectivity index (χ1n) is 33.8. The van der Waals surface area contributed by atoms with Crippen molar-refractivity contribution in [1.29, 1.82) is 0 Å². The molecule has 14 rings (SSSR count). The SMILES string of the molecule is CCN(CC)CCCNC(=O)[C@H]1NC(=O)[C@H]2NC(=O)[C@H](NC(=O)[C@@H]3NC(=O)[C@H]4NC(=O)[C@@H](Cc5ccc(c(Cl)c5)Oc5cc3cc(c5O)Oc3ccc(cc3Cl)[C@H]2O[C@@H]2O[C@@H](CO)[C@@H](O)[C@H](O)[C@@H]2NC(C)=O)NC(=O)[C@H](N)c2ccc(O)c(c2)Oc2cc(O)cc4c2)c2ccc(O)c(c2)-c2c(O)cc(O)cc21. The van der Waals surface area contributed by atoms with E-state index in [2.05, 4.69) is 47.4 Å². The van der Waals surface area contributed by atoms with Crippen LogP contribution >= 0.6 is 23.2 Å². The fourth-order valence-electron chi connectivity index (χ4n) is 13.3. The Kier molecular flexibility index (Phi) is 22.2. The predicted molar refractivity (Wildman–Crippen MR) is 377 cm³/mol. The minimum absolute atomic E-state index is 0.0238. The number of fused-ring (bicyclic) bond motifs is 14. The second kappa shape index (κ2) is 31.5. The third-order valence-electron chi connectivity index (χ3n) is 18.8. The Hall–Kier alpha value is -11.2. The van der Waals surface area contributed by atoms with Crippen LogP contribution in [0.4, 0.5) is 0 Å². The van der Waals surface area contributed by atoms with Gasteiger partial charge in [-0.15, -0.1) is 0 Å². The Morgan fingerprint density at radius 3 is 1.87 bits per heavy atom. The normalized spacial score (nSPS) is 24.3. The van der Waals surface area contributed by atoms with Crippen LogP contribution in [0.15, 0.2) is 115 Å². The highest BCUT2D eigenvalue weighted by Crippen LogP contribution is 2.49. The molecule has 1 saturated heterocycles. The van der Waals surface area contributed by atoms with Gasteiger partial charge in [-0.25, -0.2) is 0 Å². The Balaban J connectivity index is 1.09. The van der Waals surface area contributed by atoms with Crippen LogP contribution < -0.4 is 62.5 Å². The third-order valence-corrected chi connectivity index (χ3v) is 19.4. The fraction of sp³-hybridized carbons (Fsp3) is 0.315. The zero-order chi connectivity index (χ0) is 76.6. The molecule has 1 fully saturated rings. The van der Waals surface area contributed by atoms with Crippen LogP contribution in [-0.2, 0) is 54.3 Å². The smallest absolute Gasteiger partial charge is 0.248 e. The first kappa shape index (κ1) is 75.5. The van der Waals surface area contributed by atoms with Crippen molar-refractivity contribution in [3.8, 4) is 80.1 Å². The molecule has 0 radical (unpaired) electrons. The number of nitrogens with two attached hydrogens (primary N) is 1. The Labute approximate surface area is 618 Å². The van der Waals surface area contributed by atoms with Gasteiger partial charge in [0.25, 0.3) is 0 Å². The van der Waals surface area contributed by atoms with Gasteiger partial charge in [0, 0.05) is 43.1 Å². The number of ether oxygens (including phenoxy) is 5. The van der Waals surface area contributed by atoms with Crippen molar-refractivity contribution in [2.24, 2.45) is 5.73 Å². The lowest BCUT2D eigenvalue weighted by molar-refractivity contribution is -0.284. The molecule has 0 saturated carbocycles. The number of amides is 8. The second-order valence-electron chi connectivity index (χ2n) is 26.0. The number of nitrogens with one attached hydrogen (secondary N) is 8. The van der Waals surface area contributed by atoms with Gasteiger partial charge in [0.1, 0.15) is 113 Å². The Morgan fingerprint density at radius 1 is 0.598 bits per heavy atom. The van der Waals surface area contributed by atoms with Gasteiger partial charge in [0.2, 0.25) is 53.0 Å². The highest BCUT2D eigenvalue weighted by molar-refractivity contribution is 6.32. The molecule has 7 aromatic rings. The van der Waals surface area contributed by atoms with E-state index in [1.54, 1.807) is 0 Å². The molecule has 7 aliphatic heterocycles. The number of hydrogen-bond acceptors (Lipinski definition) is 24. The van der Waals surface area contributed by atoms with Crippen LogP contribution in [0.5, 0.6) is 69.0 Å². The van der Waals surface area contributed by atoms with Crippen molar-refractivity contribution in [2.45, 2.75) is 113 Å². The molecular weight excluding hydrogens is 1440 g/mol. The minimum Gasteiger partial charge on any atom is -0.508 e. The van der Waals surface area contributed by atoms with Crippen LogP contribution in [0.1, 0.15) is 102 Å². The summed E-state index contributed by atoms with van der Waals surface area (Å²) in [5, 5.41) is 124. The zero-order valence-electron chi connectivity index (χ0n) is 57.0. The number of hydrogen-bond donors (Lipinski definition) is 18. The number of carbonyl (C=O) groups excluding carboxylic acids is 8. The van der Waals surface area contributed by atoms with Crippen molar-refractivity contribution in [1.82, 2.24) is 47.4 Å². The number of benzene rings is 7. The largest absolute Gasteiger partial charge is 0.508 e. The molecule has 8 amide bonds. The number of aliphatic hydroxyl groups is 3. The van der Waals surface area contributed by atoms with Crippen molar-refractivity contribution in [2.75, 3.05) is 32.8 Å². The Morgan fingerprint density at radius 2 is 1.21 bits per heavy atom. The maximum absolute atomic E-state index is 16.3. The monoisotopic (exact) mass is 1510 g/mol. The number of aliphatic hydroxyl groups excluding tert-OH is 3. The molecule has 7 aliphatic rings. The van der Waals surface area contributed by atoms with Crippen LogP contribution in [0.3, 0.4) is 0 Å². The van der Waals surface area contributed by atoms with Crippen molar-refractivity contribution in [3.05, 3.63) is 164 Å². The van der Waals surface area contributed by atoms with E-state index in [-0.39, 0.29) is 85.5 Å². The summed E-state index contributed by atoms with van der Waals surface area (Å²) in [5.41, 5.74) is 4.51. The number of halogens is 2. The molecular formula is C73H74Cl2N10O22. The van der Waals surface area contributed by atoms with E-state index in [0.717, 1.165) is 67.6 Å². The zero-order valence-corrected chi connectivity index (χ0v) is 58.5. The van der Waals surface area contributed by atoms with E-state index in [4.69, 9.17) is 52.6 Å². The summed E-state index contributed by atoms with van der Waals surface area (Å²) in [6, 6.07) is 6.30. The molecule has 7 aromatic carbocycles. The number of aromatic hydroxyl groups is 6. The number of phenolic OH excluding ortho intramolecular Hbond substituents is 6. The fourth-order valence-corrected chi connectivity index (χ4v) is 13.7. The second-order valence-corrected chi connectivity index (χ2v) is 26.8. The number of rotatable bonds is 11. The molecule has 7 heterocycles. The van der Waals surface area contributed by atoms with E-state index in [0.29, 0.717) is 26.1 Å². The van der Waals surface area contributed by atoms with Gasteiger partial charge in [-0.3, -0.25) is 38.4 Å². The molecule has 0 aromatic heterocycles. The molecule has 0 unspecified atom stereocenters. The van der Waals surface area contributed by atoms with Crippen LogP contribution in [0, 0.1) is 0 Å². The molecule has 562 valence electrons. The average molecular weight is 1510 g/mol. The molecule has 32 nitrogen and oxygen atoms in total. The van der Waals surface area contributed by atoms with Gasteiger partial charge >= 0.3 is 0 Å². The quantitative estimate of drug-likeness (QED) is 0.0821. The number of carbonyl (C=O) groups is 8. The maximum atomic E-state index is 16.3. The lowest BCUT2D eigenvalue weighted by atomic mass is 9.89. The molecule has 19 N–H and O–H groups in total. The van der Waals surface area contributed by atoms with Gasteiger partial charge in [-0.05, 0) is 144 Å². The summed E-state index contributed by atoms with van der Waals surface area (Å²) in [6.45, 7) is 5.77. The summed E-state index contributed by atoms with van der Waals surface area (Å²) < 4.78 is 31.5. The molecule has 0 aliphatic carbocycles. The summed E-state index contributed by atoms with van der Waals surface area (Å²) in [7, 11) is 0. The first-order valence-corrected chi connectivity index (χ1v) is 34.5. The topological polar surface area (TPSA) is 490 Å². The van der Waals surface area contributed by atoms with Crippen molar-refractivity contribution in [3.63, 3.8) is 0 Å². The summed E-state index contributed by atoms with van der Waals surface area (Å²) >= 11 is 14.2. The van der Waals surface area contributed by atoms with Gasteiger partial charge in [0.15, 0.2) is 29.3 Å². The molecule has 34 heteroatoms. The number of phenols is 6. The van der Waals surface area contributed by atoms with Gasteiger partial charge in [-0.1, -0.05) is 61.3 Å². The van der Waals surface area contributed by atoms with E-state index >= 15 is 28.8 Å². The summed E-state index contributed by atoms with van der Waals surface area (Å²) in [5.74, 6) is -15.4. The van der Waals surface area contributed by atoms with E-state index in [1.807, 2.05) is 13.8 Å². The lowest BCUT2D eigenvalue weighted by Gasteiger charge is -2.44. The van der Waals surface area contributed by atoms with Crippen LogP contribution in [-0.4, -0.2) is 174 Å². The van der Waals surface area contributed by atoms with Crippen LogP contribution in [0.2, 0.25) is 10.0 Å². The third kappa shape index (κ3) is 16.0. The van der Waals surface area contributed by atoms with E-state index in [1.165, 1.54) is 54.6 Å². The molecule has 107 heavy (non-hydrogen) atoms. The van der Waals surface area contributed by atoms with Gasteiger partial charge in [0.05, 0.1) is 16.7 Å². The Bertz CT molecular complexity index is 4700. The molecule has 13 atom stereocenters. The van der Waals surface area contributed by atoms with Crippen molar-refractivity contribution >= 4 is 70.5 Å². The maximum Gasteiger partial charge on any atom is 0.248 e. The standard InChI is InChI=1S/C73H74Cl2N10O22/c1-4-85(5-2)16-6-15-77-68(98)59-41-27-38(89)28-47(92)54(41)40-21-33(9-11-45(40)90)56-69(99)84-61(72(102)83-59)65(107-73-60(78-30(3)87)64(95)63(94)53(29-86)106-73)34-10-14-49(43(75)22-34)105-52-25-36-24-51(62(52)93)104-48-13-7-31(17-42(48)74)18-44-66(96)80-57(70(100)82-58(36)71(101)81-56)35-19-37(88)26-39(20-35)103-50-23-32(8-12-46(50)91)55(76)67(97)79-44/h7-14,17,19-28,44,53,55-61,63-65,73,86,88-95H,4-6,15-16,18,29,76H2,1-3H3,(H,77,98)(H,78,87)(H,79,97)(H,80,96)(H,81,101)(H,82,100)(H,83,102)(H,84,99)/t44-,53+,55-,56-,57+,58-,59+,60+,61+,63-,64-,65-,73+/m1/s1. The molecule has 17 bridgehead atoms. The first-order chi connectivity index (χ1) is 51.1. The number of nitrogens with zero attached hydrogens (tertiary/aromatic N) is 1. The summed E-state index contributed by atoms with van der Waals surface area (Å²) in [6.07, 6.45) is -9.71. The predicted octanol–water partition coefficient (Wildman–Crippen LogP) is 3.72. The average Bonchev–Trinajstić information content (AvgIpc) is 0.765. The van der Waals surface area contributed by atoms with Gasteiger partial charge in [-0.2, -0.15) is 0 Å². The van der Waals surface area contributed by atoms with Gasteiger partial charge < -0.3 is 123 Å². The molecule has 0 spiro atoms. The lowest BCUT2D eigenvalue weighted by Crippen LogP contribution is -2.65. The highest BCUT2D eigenvalue weighted by atomic mass is 35.5. The van der Waals surface area contributed by atoms with E-state index < -0.39 is 189 Å². The van der Waals surface area contributed by atoms with E-state index in [9.17, 15) is 55.5 Å². The summed E-state index contributed by atoms with van der Waals surface area (Å²) in [4.78, 5) is 124. The van der Waals surface area contributed by atoms with Crippen molar-refractivity contribution < 1.29 is 108 Å².